The average molecular weight is 291 g/mol. The van der Waals surface area contributed by atoms with Gasteiger partial charge in [0.15, 0.2) is 0 Å². The smallest absolute Gasteiger partial charge is 0.276 e. The van der Waals surface area contributed by atoms with Gasteiger partial charge in [0.1, 0.15) is 0 Å². The van der Waals surface area contributed by atoms with Gasteiger partial charge in [0.25, 0.3) is 5.24 Å². The molecule has 0 amide bonds. The first-order valence-electron chi connectivity index (χ1n) is 4.43. The molecule has 0 heterocycles. The normalized spacial score (nSPS) is 12.7. The van der Waals surface area contributed by atoms with E-state index in [1.807, 2.05) is 0 Å². The minimum atomic E-state index is -5.22. The minimum absolute atomic E-state index is 0.119. The van der Waals surface area contributed by atoms with Crippen LogP contribution in [0, 0.1) is 6.92 Å². The Morgan fingerprint density at radius 3 is 1.72 bits per heavy atom. The molecule has 0 aliphatic heterocycles. The highest BCUT2D eigenvalue weighted by Crippen LogP contribution is 2.41. The van der Waals surface area contributed by atoms with Gasteiger partial charge in [-0.1, -0.05) is 0 Å². The maximum atomic E-state index is 12.5. The highest BCUT2D eigenvalue weighted by atomic mass is 35.5. The van der Waals surface area contributed by atoms with Crippen LogP contribution in [0.3, 0.4) is 0 Å². The molecular weight excluding hydrogens is 286 g/mol. The zero-order chi connectivity index (χ0) is 14.3. The Labute approximate surface area is 102 Å². The summed E-state index contributed by atoms with van der Waals surface area (Å²) in [5, 5.41) is -1.24. The summed E-state index contributed by atoms with van der Waals surface area (Å²) in [7, 11) is 0. The van der Waals surface area contributed by atoms with Crippen molar-refractivity contribution >= 4 is 16.8 Å². The fourth-order valence-electron chi connectivity index (χ4n) is 1.39. The number of carbonyl (C=O) groups excluding carboxylic acids is 1. The van der Waals surface area contributed by atoms with Crippen molar-refractivity contribution < 1.29 is 31.1 Å². The van der Waals surface area contributed by atoms with Crippen LogP contribution in [-0.4, -0.2) is 5.24 Å². The summed E-state index contributed by atoms with van der Waals surface area (Å²) in [6, 6.07) is 0.381. The van der Waals surface area contributed by atoms with Gasteiger partial charge in [0.2, 0.25) is 0 Å². The molecule has 18 heavy (non-hydrogen) atoms. The maximum absolute atomic E-state index is 12.5. The van der Waals surface area contributed by atoms with E-state index in [1.165, 1.54) is 0 Å². The Hall–Kier alpha value is -1.24. The Balaban J connectivity index is 3.64. The van der Waals surface area contributed by atoms with Crippen LogP contribution in [0.4, 0.5) is 26.3 Å². The standard InChI is InChI=1S/C10H5ClF6O/c1-4-2-6(9(12,13)14)7(10(15,16)17)3-5(4)8(11)18/h2-3H,1H3. The number of halogens is 7. The van der Waals surface area contributed by atoms with Crippen molar-refractivity contribution in [3.63, 3.8) is 0 Å². The van der Waals surface area contributed by atoms with Crippen molar-refractivity contribution in [2.75, 3.05) is 0 Å². The average Bonchev–Trinajstić information content (AvgIpc) is 2.13. The Morgan fingerprint density at radius 1 is 1.00 bits per heavy atom. The minimum Gasteiger partial charge on any atom is -0.276 e. The number of hydrogen-bond donors (Lipinski definition) is 0. The second-order valence-electron chi connectivity index (χ2n) is 3.48. The third-order valence-corrected chi connectivity index (χ3v) is 2.39. The molecule has 1 aromatic carbocycles. The van der Waals surface area contributed by atoms with Crippen LogP contribution in [0.15, 0.2) is 12.1 Å². The molecule has 0 atom stereocenters. The largest absolute Gasteiger partial charge is 0.417 e. The molecule has 0 fully saturated rings. The van der Waals surface area contributed by atoms with E-state index in [2.05, 4.69) is 0 Å². The van der Waals surface area contributed by atoms with Crippen molar-refractivity contribution in [2.45, 2.75) is 19.3 Å². The Bertz CT molecular complexity index is 488. The molecule has 0 bridgehead atoms. The Morgan fingerprint density at radius 2 is 1.39 bits per heavy atom. The van der Waals surface area contributed by atoms with Gasteiger partial charge in [0.05, 0.1) is 11.1 Å². The lowest BCUT2D eigenvalue weighted by atomic mass is 9.99. The van der Waals surface area contributed by atoms with E-state index < -0.39 is 34.3 Å². The number of aryl methyl sites for hydroxylation is 1. The highest BCUT2D eigenvalue weighted by Gasteiger charge is 2.43. The molecule has 0 spiro atoms. The van der Waals surface area contributed by atoms with Gasteiger partial charge in [0, 0.05) is 5.56 Å². The van der Waals surface area contributed by atoms with Gasteiger partial charge in [-0.25, -0.2) is 0 Å². The number of alkyl halides is 6. The van der Waals surface area contributed by atoms with E-state index in [9.17, 15) is 31.1 Å². The van der Waals surface area contributed by atoms with E-state index in [4.69, 9.17) is 11.6 Å². The van der Waals surface area contributed by atoms with Crippen LogP contribution in [0.25, 0.3) is 0 Å². The molecule has 0 radical (unpaired) electrons. The van der Waals surface area contributed by atoms with Gasteiger partial charge in [-0.15, -0.1) is 0 Å². The van der Waals surface area contributed by atoms with Crippen molar-refractivity contribution in [1.29, 1.82) is 0 Å². The fourth-order valence-corrected chi connectivity index (χ4v) is 1.59. The number of hydrogen-bond acceptors (Lipinski definition) is 1. The maximum Gasteiger partial charge on any atom is 0.417 e. The zero-order valence-corrected chi connectivity index (χ0v) is 9.46. The highest BCUT2D eigenvalue weighted by molar-refractivity contribution is 6.67. The molecule has 0 aliphatic carbocycles. The molecule has 100 valence electrons. The van der Waals surface area contributed by atoms with Crippen molar-refractivity contribution in [1.82, 2.24) is 0 Å². The zero-order valence-electron chi connectivity index (χ0n) is 8.71. The molecule has 0 aliphatic rings. The summed E-state index contributed by atoms with van der Waals surface area (Å²) in [5.41, 5.74) is -4.63. The lowest BCUT2D eigenvalue weighted by Crippen LogP contribution is -2.18. The van der Waals surface area contributed by atoms with Gasteiger partial charge in [-0.05, 0) is 36.2 Å². The summed E-state index contributed by atoms with van der Waals surface area (Å²) < 4.78 is 74.9. The second-order valence-corrected chi connectivity index (χ2v) is 3.83. The lowest BCUT2D eigenvalue weighted by Gasteiger charge is -2.17. The SMILES string of the molecule is Cc1cc(C(F)(F)F)c(C(F)(F)F)cc1C(=O)Cl. The second kappa shape index (κ2) is 4.46. The first kappa shape index (κ1) is 14.8. The topological polar surface area (TPSA) is 17.1 Å². The molecule has 0 saturated carbocycles. The van der Waals surface area contributed by atoms with Gasteiger partial charge in [-0.3, -0.25) is 4.79 Å². The van der Waals surface area contributed by atoms with Crippen LogP contribution in [0.2, 0.25) is 0 Å². The van der Waals surface area contributed by atoms with E-state index in [0.29, 0.717) is 0 Å². The first-order valence-corrected chi connectivity index (χ1v) is 4.81. The lowest BCUT2D eigenvalue weighted by molar-refractivity contribution is -0.162. The Kier molecular flexibility index (Phi) is 3.67. The molecule has 1 aromatic rings. The van der Waals surface area contributed by atoms with Gasteiger partial charge in [-0.2, -0.15) is 26.3 Å². The summed E-state index contributed by atoms with van der Waals surface area (Å²) in [6.07, 6.45) is -10.4. The molecule has 0 unspecified atom stereocenters. The molecule has 0 saturated heterocycles. The van der Waals surface area contributed by atoms with Crippen LogP contribution in [0.5, 0.6) is 0 Å². The van der Waals surface area contributed by atoms with E-state index >= 15 is 0 Å². The fraction of sp³-hybridized carbons (Fsp3) is 0.300. The molecule has 0 N–H and O–H groups in total. The van der Waals surface area contributed by atoms with E-state index in [0.717, 1.165) is 6.92 Å². The summed E-state index contributed by atoms with van der Waals surface area (Å²) in [5.74, 6) is 0. The summed E-state index contributed by atoms with van der Waals surface area (Å²) >= 11 is 5.01. The number of benzene rings is 1. The monoisotopic (exact) mass is 290 g/mol. The molecule has 1 nitrogen and oxygen atoms in total. The predicted molar refractivity (Wildman–Crippen MR) is 51.4 cm³/mol. The van der Waals surface area contributed by atoms with Crippen molar-refractivity contribution in [3.05, 3.63) is 34.4 Å². The quantitative estimate of drug-likeness (QED) is 0.553. The van der Waals surface area contributed by atoms with E-state index in [1.54, 1.807) is 0 Å². The van der Waals surface area contributed by atoms with Crippen molar-refractivity contribution in [2.24, 2.45) is 0 Å². The summed E-state index contributed by atoms with van der Waals surface area (Å²) in [6.45, 7) is 1.07. The number of carbonyl (C=O) groups is 1. The molecule has 8 heteroatoms. The molecular formula is C10H5ClF6O. The van der Waals surface area contributed by atoms with Crippen LogP contribution < -0.4 is 0 Å². The first-order chi connectivity index (χ1) is 7.94. The predicted octanol–water partition coefficient (Wildman–Crippen LogP) is 4.41. The van der Waals surface area contributed by atoms with Gasteiger partial charge < -0.3 is 0 Å². The van der Waals surface area contributed by atoms with Crippen LogP contribution in [0.1, 0.15) is 27.0 Å². The third kappa shape index (κ3) is 2.95. The number of rotatable bonds is 1. The summed E-state index contributed by atoms with van der Waals surface area (Å²) in [4.78, 5) is 10.8. The van der Waals surface area contributed by atoms with E-state index in [-0.39, 0.29) is 17.7 Å². The van der Waals surface area contributed by atoms with Crippen LogP contribution >= 0.6 is 11.6 Å². The molecule has 1 rings (SSSR count). The molecule has 0 aromatic heterocycles. The van der Waals surface area contributed by atoms with Crippen LogP contribution in [-0.2, 0) is 12.4 Å². The third-order valence-electron chi connectivity index (χ3n) is 2.19. The van der Waals surface area contributed by atoms with Crippen molar-refractivity contribution in [3.8, 4) is 0 Å². The van der Waals surface area contributed by atoms with Gasteiger partial charge >= 0.3 is 12.4 Å².